The van der Waals surface area contributed by atoms with Crippen LogP contribution in [0.5, 0.6) is 0 Å². The summed E-state index contributed by atoms with van der Waals surface area (Å²) in [6.07, 6.45) is 2.50. The van der Waals surface area contributed by atoms with E-state index in [4.69, 9.17) is 4.42 Å². The lowest BCUT2D eigenvalue weighted by molar-refractivity contribution is -0.128. The maximum absolute atomic E-state index is 12.9. The Bertz CT molecular complexity index is 817. The molecule has 3 rings (SSSR count). The molecule has 6 heteroatoms. The second-order valence-corrected chi connectivity index (χ2v) is 6.79. The van der Waals surface area contributed by atoms with Crippen LogP contribution in [0.1, 0.15) is 40.9 Å². The van der Waals surface area contributed by atoms with Gasteiger partial charge in [0.05, 0.1) is 24.4 Å². The molecule has 0 radical (unpaired) electrons. The molecule has 2 aromatic heterocycles. The summed E-state index contributed by atoms with van der Waals surface area (Å²) < 4.78 is 6.75. The summed E-state index contributed by atoms with van der Waals surface area (Å²) in [4.78, 5) is 26.8. The first-order valence-corrected chi connectivity index (χ1v) is 8.40. The second-order valence-electron chi connectivity index (χ2n) is 6.79. The van der Waals surface area contributed by atoms with Gasteiger partial charge in [0.2, 0.25) is 5.91 Å². The summed E-state index contributed by atoms with van der Waals surface area (Å²) >= 11 is 0. The van der Waals surface area contributed by atoms with Gasteiger partial charge in [0.1, 0.15) is 5.76 Å². The van der Waals surface area contributed by atoms with Crippen molar-refractivity contribution in [1.29, 1.82) is 0 Å². The molecule has 0 saturated carbocycles. The number of hydrogen-bond donors (Lipinski definition) is 0. The van der Waals surface area contributed by atoms with Crippen molar-refractivity contribution in [2.24, 2.45) is 5.92 Å². The fourth-order valence-electron chi connectivity index (χ4n) is 3.30. The van der Waals surface area contributed by atoms with E-state index in [-0.39, 0.29) is 24.2 Å². The highest BCUT2D eigenvalue weighted by molar-refractivity contribution is 5.90. The molecule has 1 saturated heterocycles. The number of aryl methyl sites for hydroxylation is 1. The minimum Gasteiger partial charge on any atom is -0.467 e. The highest BCUT2D eigenvalue weighted by Crippen LogP contribution is 2.24. The van der Waals surface area contributed by atoms with E-state index >= 15 is 0 Å². The molecule has 1 atom stereocenters. The monoisotopic (exact) mass is 341 g/mol. The van der Waals surface area contributed by atoms with Crippen molar-refractivity contribution < 1.29 is 14.0 Å². The molecule has 1 amide bonds. The van der Waals surface area contributed by atoms with Gasteiger partial charge >= 0.3 is 0 Å². The van der Waals surface area contributed by atoms with Crippen molar-refractivity contribution in [2.45, 2.75) is 40.2 Å². The molecule has 0 aromatic carbocycles. The molecule has 1 fully saturated rings. The van der Waals surface area contributed by atoms with Crippen LogP contribution in [0.4, 0.5) is 0 Å². The lowest BCUT2D eigenvalue weighted by Crippen LogP contribution is -2.28. The van der Waals surface area contributed by atoms with Crippen molar-refractivity contribution in [3.8, 4) is 0 Å². The SMILES string of the molecule is C=C(C)Cc1c(C)nn(C(=O)C2CC(=O)N(Cc3ccco3)C2)c1C. The molecule has 2 aromatic rings. The number of hydrogen-bond acceptors (Lipinski definition) is 4. The number of rotatable bonds is 5. The normalized spacial score (nSPS) is 17.3. The average molecular weight is 341 g/mol. The van der Waals surface area contributed by atoms with E-state index in [2.05, 4.69) is 11.7 Å². The Morgan fingerprint density at radius 2 is 2.20 bits per heavy atom. The van der Waals surface area contributed by atoms with Crippen LogP contribution in [0.15, 0.2) is 35.0 Å². The lowest BCUT2D eigenvalue weighted by Gasteiger charge is -2.15. The van der Waals surface area contributed by atoms with Crippen molar-refractivity contribution in [2.75, 3.05) is 6.54 Å². The number of allylic oxidation sites excluding steroid dienone is 1. The summed E-state index contributed by atoms with van der Waals surface area (Å²) in [5, 5.41) is 4.41. The van der Waals surface area contributed by atoms with Gasteiger partial charge in [-0.3, -0.25) is 9.59 Å². The summed E-state index contributed by atoms with van der Waals surface area (Å²) in [6, 6.07) is 3.62. The standard InChI is InChI=1S/C19H23N3O3/c1-12(2)8-17-13(3)20-22(14(17)4)19(24)15-9-18(23)21(10-15)11-16-6-5-7-25-16/h5-7,15H,1,8-11H2,2-4H3. The Labute approximate surface area is 147 Å². The third kappa shape index (κ3) is 3.43. The van der Waals surface area contributed by atoms with E-state index in [1.54, 1.807) is 17.2 Å². The first kappa shape index (κ1) is 17.2. The maximum Gasteiger partial charge on any atom is 0.252 e. The molecular formula is C19H23N3O3. The zero-order valence-electron chi connectivity index (χ0n) is 14.9. The third-order valence-electron chi connectivity index (χ3n) is 4.62. The Morgan fingerprint density at radius 1 is 1.44 bits per heavy atom. The van der Waals surface area contributed by atoms with Crippen LogP contribution < -0.4 is 0 Å². The number of likely N-dealkylation sites (tertiary alicyclic amines) is 1. The van der Waals surface area contributed by atoms with Crippen molar-refractivity contribution >= 4 is 11.8 Å². The maximum atomic E-state index is 12.9. The van der Waals surface area contributed by atoms with Gasteiger partial charge < -0.3 is 9.32 Å². The van der Waals surface area contributed by atoms with Gasteiger partial charge in [0.15, 0.2) is 0 Å². The summed E-state index contributed by atoms with van der Waals surface area (Å²) in [6.45, 7) is 10.5. The average Bonchev–Trinajstić information content (AvgIpc) is 3.24. The summed E-state index contributed by atoms with van der Waals surface area (Å²) in [5.74, 6) is 0.191. The topological polar surface area (TPSA) is 68.3 Å². The first-order valence-electron chi connectivity index (χ1n) is 8.40. The Hall–Kier alpha value is -2.63. The smallest absolute Gasteiger partial charge is 0.252 e. The van der Waals surface area contributed by atoms with Crippen molar-refractivity contribution in [3.05, 3.63) is 53.3 Å². The Morgan fingerprint density at radius 3 is 2.84 bits per heavy atom. The quantitative estimate of drug-likeness (QED) is 0.784. The minimum absolute atomic E-state index is 0.0292. The molecular weight excluding hydrogens is 318 g/mol. The van der Waals surface area contributed by atoms with E-state index in [1.165, 1.54) is 4.68 Å². The highest BCUT2D eigenvalue weighted by atomic mass is 16.3. The van der Waals surface area contributed by atoms with Gasteiger partial charge in [0, 0.05) is 24.2 Å². The van der Waals surface area contributed by atoms with Crippen LogP contribution in [-0.4, -0.2) is 33.0 Å². The number of carbonyl (C=O) groups excluding carboxylic acids is 2. The Kier molecular flexibility index (Phi) is 4.61. The van der Waals surface area contributed by atoms with Crippen molar-refractivity contribution in [1.82, 2.24) is 14.7 Å². The number of amides is 1. The molecule has 3 heterocycles. The van der Waals surface area contributed by atoms with Crippen molar-refractivity contribution in [3.63, 3.8) is 0 Å². The van der Waals surface area contributed by atoms with E-state index in [9.17, 15) is 9.59 Å². The third-order valence-corrected chi connectivity index (χ3v) is 4.62. The molecule has 1 aliphatic rings. The van der Waals surface area contributed by atoms with Gasteiger partial charge in [-0.2, -0.15) is 5.10 Å². The zero-order chi connectivity index (χ0) is 18.1. The van der Waals surface area contributed by atoms with Gasteiger partial charge in [0.25, 0.3) is 5.91 Å². The van der Waals surface area contributed by atoms with E-state index in [0.717, 1.165) is 28.3 Å². The largest absolute Gasteiger partial charge is 0.467 e. The van der Waals surface area contributed by atoms with Gasteiger partial charge in [-0.25, -0.2) is 4.68 Å². The molecule has 1 aliphatic heterocycles. The highest BCUT2D eigenvalue weighted by Gasteiger charge is 2.36. The van der Waals surface area contributed by atoms with Crippen LogP contribution >= 0.6 is 0 Å². The molecule has 6 nitrogen and oxygen atoms in total. The van der Waals surface area contributed by atoms with Gasteiger partial charge in [-0.05, 0) is 39.3 Å². The number of aromatic nitrogens is 2. The van der Waals surface area contributed by atoms with E-state index < -0.39 is 0 Å². The van der Waals surface area contributed by atoms with Crippen LogP contribution in [0.2, 0.25) is 0 Å². The number of nitrogens with zero attached hydrogens (tertiary/aromatic N) is 3. The molecule has 1 unspecified atom stereocenters. The van der Waals surface area contributed by atoms with E-state index in [0.29, 0.717) is 19.5 Å². The Balaban J connectivity index is 1.76. The summed E-state index contributed by atoms with van der Waals surface area (Å²) in [5.41, 5.74) is 3.74. The number of furan rings is 1. The lowest BCUT2D eigenvalue weighted by atomic mass is 10.1. The number of carbonyl (C=O) groups is 2. The molecule has 132 valence electrons. The summed E-state index contributed by atoms with van der Waals surface area (Å²) in [7, 11) is 0. The van der Waals surface area contributed by atoms with Crippen LogP contribution in [0.25, 0.3) is 0 Å². The fourth-order valence-corrected chi connectivity index (χ4v) is 3.30. The van der Waals surface area contributed by atoms with Gasteiger partial charge in [-0.1, -0.05) is 12.2 Å². The molecule has 0 N–H and O–H groups in total. The molecule has 0 bridgehead atoms. The van der Waals surface area contributed by atoms with E-state index in [1.807, 2.05) is 26.8 Å². The zero-order valence-corrected chi connectivity index (χ0v) is 14.9. The van der Waals surface area contributed by atoms with Crippen LogP contribution in [0.3, 0.4) is 0 Å². The predicted molar refractivity (Wildman–Crippen MR) is 93.1 cm³/mol. The molecule has 0 spiro atoms. The predicted octanol–water partition coefficient (Wildman–Crippen LogP) is 2.90. The minimum atomic E-state index is -0.377. The molecule has 0 aliphatic carbocycles. The second kappa shape index (κ2) is 6.70. The van der Waals surface area contributed by atoms with Crippen LogP contribution in [0, 0.1) is 19.8 Å². The van der Waals surface area contributed by atoms with Crippen LogP contribution in [-0.2, 0) is 17.8 Å². The molecule has 25 heavy (non-hydrogen) atoms. The van der Waals surface area contributed by atoms with Gasteiger partial charge in [-0.15, -0.1) is 0 Å². The first-order chi connectivity index (χ1) is 11.9. The fraction of sp³-hybridized carbons (Fsp3) is 0.421.